The molecule has 0 spiro atoms. The lowest BCUT2D eigenvalue weighted by atomic mass is 10.3. The van der Waals surface area contributed by atoms with E-state index in [0.29, 0.717) is 6.42 Å². The molecule has 0 aliphatic carbocycles. The summed E-state index contributed by atoms with van der Waals surface area (Å²) < 4.78 is 0. The van der Waals surface area contributed by atoms with Gasteiger partial charge in [-0.2, -0.15) is 0 Å². The highest BCUT2D eigenvalue weighted by molar-refractivity contribution is 4.37. The van der Waals surface area contributed by atoms with Crippen molar-refractivity contribution < 1.29 is 15.5 Å². The predicted octanol–water partition coefficient (Wildman–Crippen LogP) is -0.559. The van der Waals surface area contributed by atoms with E-state index in [-0.39, 0.29) is 0 Å². The summed E-state index contributed by atoms with van der Waals surface area (Å²) in [5.41, 5.74) is 0. The van der Waals surface area contributed by atoms with Gasteiger partial charge in [0.2, 0.25) is 0 Å². The molecule has 0 aromatic heterocycles. The summed E-state index contributed by atoms with van der Waals surface area (Å²) >= 11 is 0. The van der Waals surface area contributed by atoms with Gasteiger partial charge in [-0.3, -0.25) is 0 Å². The van der Waals surface area contributed by atoms with Crippen LogP contribution in [0.3, 0.4) is 0 Å². The van der Waals surface area contributed by atoms with Gasteiger partial charge < -0.3 is 15.5 Å². The first kappa shape index (κ1) is 10.9. The maximum absolute atomic E-state index is 8.50. The van der Waals surface area contributed by atoms with Crippen LogP contribution in [0.15, 0.2) is 0 Å². The highest BCUT2D eigenvalue weighted by atomic mass is 16.5. The molecule has 0 aliphatic heterocycles. The van der Waals surface area contributed by atoms with Gasteiger partial charge in [-0.25, -0.2) is 0 Å². The monoisotopic (exact) mass is 162 g/mol. The van der Waals surface area contributed by atoms with Gasteiger partial charge in [-0.05, 0) is 6.42 Å². The molecule has 3 heteroatoms. The summed E-state index contributed by atoms with van der Waals surface area (Å²) in [6, 6.07) is 0. The van der Waals surface area contributed by atoms with E-state index in [1.54, 1.807) is 0 Å². The highest BCUT2D eigenvalue weighted by Crippen LogP contribution is 1.88. The molecule has 68 valence electrons. The lowest BCUT2D eigenvalue weighted by Gasteiger charge is -2.02. The Kier molecular flexibility index (Phi) is 7.89. The minimum Gasteiger partial charge on any atom is -0.368 e. The number of rotatable bonds is 7. The van der Waals surface area contributed by atoms with Crippen molar-refractivity contribution in [1.82, 2.24) is 0 Å². The van der Waals surface area contributed by atoms with Gasteiger partial charge in [0, 0.05) is 12.8 Å². The Hall–Kier alpha value is -0.120. The third-order valence-corrected chi connectivity index (χ3v) is 1.63. The number of quaternary nitrogens is 1. The maximum Gasteiger partial charge on any atom is 0.151 e. The molecule has 0 atom stereocenters. The van der Waals surface area contributed by atoms with E-state index in [1.165, 1.54) is 12.8 Å². The second-order valence-corrected chi connectivity index (χ2v) is 2.84. The van der Waals surface area contributed by atoms with Gasteiger partial charge in [0.25, 0.3) is 0 Å². The number of nitrogens with two attached hydrogens (primary N) is 1. The maximum atomic E-state index is 8.50. The van der Waals surface area contributed by atoms with Gasteiger partial charge >= 0.3 is 0 Å². The molecule has 4 N–H and O–H groups in total. The summed E-state index contributed by atoms with van der Waals surface area (Å²) in [6.45, 7) is 4.35. The van der Waals surface area contributed by atoms with Crippen LogP contribution in [-0.2, 0) is 0 Å². The number of unbranched alkanes of at least 4 members (excludes halogenated alkanes) is 1. The first-order valence-electron chi connectivity index (χ1n) is 4.45. The van der Waals surface area contributed by atoms with Gasteiger partial charge in [0.15, 0.2) is 6.29 Å². The van der Waals surface area contributed by atoms with Crippen molar-refractivity contribution in [2.24, 2.45) is 0 Å². The normalized spacial score (nSPS) is 10.9. The van der Waals surface area contributed by atoms with Crippen LogP contribution in [0, 0.1) is 0 Å². The Morgan fingerprint density at radius 2 is 1.82 bits per heavy atom. The smallest absolute Gasteiger partial charge is 0.151 e. The second kappa shape index (κ2) is 7.98. The average molecular weight is 162 g/mol. The van der Waals surface area contributed by atoms with E-state index in [4.69, 9.17) is 10.2 Å². The molecule has 0 saturated heterocycles. The molecule has 0 unspecified atom stereocenters. The minimum atomic E-state index is -1.12. The molecule has 0 rings (SSSR count). The Labute approximate surface area is 68.4 Å². The molecule has 3 nitrogen and oxygen atoms in total. The molecule has 0 radical (unpaired) electrons. The third kappa shape index (κ3) is 9.88. The number of hydrogen-bond donors (Lipinski definition) is 3. The molecule has 0 heterocycles. The van der Waals surface area contributed by atoms with Gasteiger partial charge in [-0.15, -0.1) is 0 Å². The van der Waals surface area contributed by atoms with Crippen LogP contribution >= 0.6 is 0 Å². The van der Waals surface area contributed by atoms with E-state index in [0.717, 1.165) is 19.5 Å². The van der Waals surface area contributed by atoms with Crippen LogP contribution in [0.4, 0.5) is 0 Å². The first-order valence-corrected chi connectivity index (χ1v) is 4.45. The average Bonchev–Trinajstić information content (AvgIpc) is 1.96. The molecule has 0 aromatic rings. The van der Waals surface area contributed by atoms with E-state index in [1.807, 2.05) is 0 Å². The molecular formula is C8H20NO2+. The number of hydrogen-bond acceptors (Lipinski definition) is 2. The Morgan fingerprint density at radius 1 is 1.18 bits per heavy atom. The Morgan fingerprint density at radius 3 is 2.36 bits per heavy atom. The third-order valence-electron chi connectivity index (χ3n) is 1.63. The SMILES string of the molecule is CCCC[NH2+]CCCC(O)O. The van der Waals surface area contributed by atoms with E-state index in [9.17, 15) is 0 Å². The highest BCUT2D eigenvalue weighted by Gasteiger charge is 1.97. The van der Waals surface area contributed by atoms with Crippen LogP contribution in [0.5, 0.6) is 0 Å². The van der Waals surface area contributed by atoms with Crippen LogP contribution in [0.1, 0.15) is 32.6 Å². The first-order chi connectivity index (χ1) is 5.27. The molecule has 0 aliphatic rings. The van der Waals surface area contributed by atoms with E-state index < -0.39 is 6.29 Å². The molecule has 0 aromatic carbocycles. The van der Waals surface area contributed by atoms with Crippen molar-refractivity contribution in [3.05, 3.63) is 0 Å². The summed E-state index contributed by atoms with van der Waals surface area (Å²) in [6.07, 6.45) is 2.76. The zero-order valence-corrected chi connectivity index (χ0v) is 7.29. The molecule has 11 heavy (non-hydrogen) atoms. The van der Waals surface area contributed by atoms with Gasteiger partial charge in [-0.1, -0.05) is 13.3 Å². The summed E-state index contributed by atoms with van der Waals surface area (Å²) in [5.74, 6) is 0. The summed E-state index contributed by atoms with van der Waals surface area (Å²) in [4.78, 5) is 0. The molecular weight excluding hydrogens is 142 g/mol. The summed E-state index contributed by atoms with van der Waals surface area (Å²) in [7, 11) is 0. The zero-order chi connectivity index (χ0) is 8.53. The van der Waals surface area contributed by atoms with Crippen molar-refractivity contribution >= 4 is 0 Å². The second-order valence-electron chi connectivity index (χ2n) is 2.84. The molecule has 0 amide bonds. The molecule has 0 saturated carbocycles. The molecule has 0 bridgehead atoms. The fraction of sp³-hybridized carbons (Fsp3) is 1.00. The zero-order valence-electron chi connectivity index (χ0n) is 7.29. The van der Waals surface area contributed by atoms with E-state index >= 15 is 0 Å². The van der Waals surface area contributed by atoms with Gasteiger partial charge in [0.1, 0.15) is 0 Å². The number of aliphatic hydroxyl groups is 2. The summed E-state index contributed by atoms with van der Waals surface area (Å²) in [5, 5.41) is 19.2. The quantitative estimate of drug-likeness (QED) is 0.347. The van der Waals surface area contributed by atoms with Crippen molar-refractivity contribution in [1.29, 1.82) is 0 Å². The van der Waals surface area contributed by atoms with Gasteiger partial charge in [0.05, 0.1) is 13.1 Å². The van der Waals surface area contributed by atoms with Crippen LogP contribution in [0.2, 0.25) is 0 Å². The van der Waals surface area contributed by atoms with Crippen LogP contribution in [-0.4, -0.2) is 29.6 Å². The van der Waals surface area contributed by atoms with Crippen LogP contribution < -0.4 is 5.32 Å². The molecule has 0 fully saturated rings. The Bertz CT molecular complexity index is 76.5. The van der Waals surface area contributed by atoms with E-state index in [2.05, 4.69) is 12.2 Å². The van der Waals surface area contributed by atoms with Crippen molar-refractivity contribution in [2.45, 2.75) is 38.9 Å². The standard InChI is InChI=1S/C8H19NO2/c1-2-3-6-9-7-4-5-8(10)11/h8-11H,2-7H2,1H3/p+1. The van der Waals surface area contributed by atoms with Crippen molar-refractivity contribution in [3.63, 3.8) is 0 Å². The fourth-order valence-corrected chi connectivity index (χ4v) is 0.938. The van der Waals surface area contributed by atoms with Crippen LogP contribution in [0.25, 0.3) is 0 Å². The largest absolute Gasteiger partial charge is 0.368 e. The van der Waals surface area contributed by atoms with Crippen molar-refractivity contribution in [2.75, 3.05) is 13.1 Å². The lowest BCUT2D eigenvalue weighted by molar-refractivity contribution is -0.655. The fourth-order valence-electron chi connectivity index (χ4n) is 0.938. The topological polar surface area (TPSA) is 57.1 Å². The predicted molar refractivity (Wildman–Crippen MR) is 44.0 cm³/mol. The van der Waals surface area contributed by atoms with Crippen molar-refractivity contribution in [3.8, 4) is 0 Å². The Balaban J connectivity index is 2.80. The number of aliphatic hydroxyl groups excluding tert-OH is 1. The minimum absolute atomic E-state index is 0.503. The lowest BCUT2D eigenvalue weighted by Crippen LogP contribution is -2.84.